The van der Waals surface area contributed by atoms with Gasteiger partial charge in [-0.25, -0.2) is 9.97 Å². The van der Waals surface area contributed by atoms with Crippen molar-refractivity contribution in [1.82, 2.24) is 20.3 Å². The van der Waals surface area contributed by atoms with Crippen LogP contribution in [0, 0.1) is 0 Å². The van der Waals surface area contributed by atoms with E-state index in [9.17, 15) is 0 Å². The summed E-state index contributed by atoms with van der Waals surface area (Å²) in [6.07, 6.45) is 5.58. The molecule has 0 fully saturated rings. The number of halogens is 2. The molecule has 0 unspecified atom stereocenters. The van der Waals surface area contributed by atoms with E-state index in [2.05, 4.69) is 41.5 Å². The minimum Gasteiger partial charge on any atom is -0.362 e. The number of nitrogens with zero attached hydrogens (tertiary/aromatic N) is 3. The summed E-state index contributed by atoms with van der Waals surface area (Å²) in [4.78, 5) is 12.4. The highest BCUT2D eigenvalue weighted by atomic mass is 79.9. The van der Waals surface area contributed by atoms with E-state index in [0.717, 1.165) is 5.69 Å². The molecule has 0 spiro atoms. The zero-order valence-electron chi connectivity index (χ0n) is 10.3. The zero-order valence-corrected chi connectivity index (χ0v) is 13.5. The quantitative estimate of drug-likeness (QED) is 0.805. The summed E-state index contributed by atoms with van der Waals surface area (Å²) in [5.41, 5.74) is 0.838. The van der Waals surface area contributed by atoms with Gasteiger partial charge in [-0.1, -0.05) is 11.6 Å². The van der Waals surface area contributed by atoms with Crippen LogP contribution in [0.2, 0.25) is 5.02 Å². The predicted molar refractivity (Wildman–Crippen MR) is 86.9 cm³/mol. The minimum absolute atomic E-state index is 0.471. The van der Waals surface area contributed by atoms with E-state index >= 15 is 0 Å². The number of rotatable bonds is 4. The summed E-state index contributed by atoms with van der Waals surface area (Å²) >= 11 is 14.5. The third-order valence-electron chi connectivity index (χ3n) is 2.37. The lowest BCUT2D eigenvalue weighted by Gasteiger charge is -2.10. The number of aromatic nitrogens is 3. The molecule has 0 amide bonds. The molecule has 0 saturated carbocycles. The zero-order chi connectivity index (χ0) is 14.4. The van der Waals surface area contributed by atoms with E-state index in [-0.39, 0.29) is 0 Å². The SMILES string of the molecule is S=C(NCCc1ncccc1Cl)Nc1nccnc1Br. The molecule has 0 aliphatic rings. The van der Waals surface area contributed by atoms with E-state index in [0.29, 0.717) is 33.5 Å². The van der Waals surface area contributed by atoms with Crippen molar-refractivity contribution in [3.63, 3.8) is 0 Å². The minimum atomic E-state index is 0.471. The van der Waals surface area contributed by atoms with Crippen LogP contribution in [0.5, 0.6) is 0 Å². The molecule has 0 aromatic carbocycles. The fourth-order valence-corrected chi connectivity index (χ4v) is 2.19. The van der Waals surface area contributed by atoms with E-state index in [1.807, 2.05) is 6.07 Å². The lowest BCUT2D eigenvalue weighted by atomic mass is 10.3. The first-order chi connectivity index (χ1) is 9.66. The molecule has 2 aromatic rings. The Bertz CT molecular complexity index is 610. The van der Waals surface area contributed by atoms with Gasteiger partial charge in [0, 0.05) is 31.6 Å². The van der Waals surface area contributed by atoms with Crippen molar-refractivity contribution in [2.24, 2.45) is 0 Å². The number of hydrogen-bond donors (Lipinski definition) is 2. The maximum atomic E-state index is 6.03. The molecule has 2 aromatic heterocycles. The van der Waals surface area contributed by atoms with E-state index in [1.165, 1.54) is 0 Å². The van der Waals surface area contributed by atoms with Crippen LogP contribution in [-0.4, -0.2) is 26.6 Å². The Labute approximate surface area is 135 Å². The highest BCUT2D eigenvalue weighted by Crippen LogP contribution is 2.15. The van der Waals surface area contributed by atoms with Crippen LogP contribution in [0.15, 0.2) is 35.3 Å². The first-order valence-electron chi connectivity index (χ1n) is 5.77. The van der Waals surface area contributed by atoms with Gasteiger partial charge >= 0.3 is 0 Å². The van der Waals surface area contributed by atoms with Gasteiger partial charge in [-0.2, -0.15) is 0 Å². The Balaban J connectivity index is 1.82. The second-order valence-corrected chi connectivity index (χ2v) is 5.33. The molecule has 2 rings (SSSR count). The Kier molecular flexibility index (Phi) is 5.63. The molecule has 0 aliphatic heterocycles. The second-order valence-electron chi connectivity index (χ2n) is 3.76. The standard InChI is InChI=1S/C12H11BrClN5S/c13-10-11(17-7-6-16-10)19-12(20)18-5-3-9-8(14)2-1-4-15-9/h1-2,4,6-7H,3,5H2,(H2,17,18,19,20). The van der Waals surface area contributed by atoms with Gasteiger partial charge in [0.2, 0.25) is 0 Å². The molecule has 104 valence electrons. The van der Waals surface area contributed by atoms with Gasteiger partial charge in [0.15, 0.2) is 10.9 Å². The molecule has 2 heterocycles. The lowest BCUT2D eigenvalue weighted by molar-refractivity contribution is 0.847. The van der Waals surface area contributed by atoms with Gasteiger partial charge in [0.1, 0.15) is 4.60 Å². The van der Waals surface area contributed by atoms with Crippen LogP contribution >= 0.6 is 39.7 Å². The van der Waals surface area contributed by atoms with Crippen LogP contribution in [0.3, 0.4) is 0 Å². The molecule has 0 bridgehead atoms. The van der Waals surface area contributed by atoms with E-state index in [1.54, 1.807) is 24.7 Å². The summed E-state index contributed by atoms with van der Waals surface area (Å²) in [5.74, 6) is 0.570. The average molecular weight is 373 g/mol. The van der Waals surface area contributed by atoms with Gasteiger partial charge in [-0.3, -0.25) is 4.98 Å². The van der Waals surface area contributed by atoms with Crippen LogP contribution in [0.1, 0.15) is 5.69 Å². The first-order valence-corrected chi connectivity index (χ1v) is 7.35. The Morgan fingerprint density at radius 2 is 2.05 bits per heavy atom. The van der Waals surface area contributed by atoms with Crippen molar-refractivity contribution in [2.45, 2.75) is 6.42 Å². The molecule has 0 atom stereocenters. The molecule has 0 radical (unpaired) electrons. The fraction of sp³-hybridized carbons (Fsp3) is 0.167. The van der Waals surface area contributed by atoms with Crippen molar-refractivity contribution in [1.29, 1.82) is 0 Å². The molecule has 20 heavy (non-hydrogen) atoms. The van der Waals surface area contributed by atoms with Crippen molar-refractivity contribution in [3.8, 4) is 0 Å². The van der Waals surface area contributed by atoms with Gasteiger partial charge < -0.3 is 10.6 Å². The van der Waals surface area contributed by atoms with Gasteiger partial charge in [-0.15, -0.1) is 0 Å². The predicted octanol–water partition coefficient (Wildman–Crippen LogP) is 2.82. The third kappa shape index (κ3) is 4.36. The molecule has 2 N–H and O–H groups in total. The summed E-state index contributed by atoms with van der Waals surface area (Å²) in [6.45, 7) is 0.625. The maximum absolute atomic E-state index is 6.03. The van der Waals surface area contributed by atoms with Gasteiger partial charge in [0.05, 0.1) is 10.7 Å². The number of thiocarbonyl (C=S) groups is 1. The largest absolute Gasteiger partial charge is 0.362 e. The number of nitrogens with one attached hydrogen (secondary N) is 2. The summed E-state index contributed by atoms with van der Waals surface area (Å²) in [5, 5.41) is 7.15. The van der Waals surface area contributed by atoms with E-state index in [4.69, 9.17) is 23.8 Å². The lowest BCUT2D eigenvalue weighted by Crippen LogP contribution is -2.30. The highest BCUT2D eigenvalue weighted by molar-refractivity contribution is 9.10. The fourth-order valence-electron chi connectivity index (χ4n) is 1.45. The van der Waals surface area contributed by atoms with Crippen molar-refractivity contribution in [3.05, 3.63) is 46.0 Å². The van der Waals surface area contributed by atoms with Gasteiger partial charge in [0.25, 0.3) is 0 Å². The molecule has 5 nitrogen and oxygen atoms in total. The molecular weight excluding hydrogens is 362 g/mol. The molecule has 8 heteroatoms. The third-order valence-corrected chi connectivity index (χ3v) is 3.54. The number of pyridine rings is 1. The van der Waals surface area contributed by atoms with Crippen molar-refractivity contribution in [2.75, 3.05) is 11.9 Å². The maximum Gasteiger partial charge on any atom is 0.172 e. The van der Waals surface area contributed by atoms with Gasteiger partial charge in [-0.05, 0) is 40.3 Å². The topological polar surface area (TPSA) is 62.7 Å². The van der Waals surface area contributed by atoms with Crippen LogP contribution in [0.4, 0.5) is 5.82 Å². The van der Waals surface area contributed by atoms with E-state index < -0.39 is 0 Å². The Morgan fingerprint density at radius 1 is 1.25 bits per heavy atom. The van der Waals surface area contributed by atoms with Crippen LogP contribution < -0.4 is 10.6 Å². The van der Waals surface area contributed by atoms with Crippen molar-refractivity contribution < 1.29 is 0 Å². The van der Waals surface area contributed by atoms with Crippen LogP contribution in [0.25, 0.3) is 0 Å². The molecule has 0 saturated heterocycles. The molecular formula is C12H11BrClN5S. The summed E-state index contributed by atoms with van der Waals surface area (Å²) in [6, 6.07) is 3.62. The monoisotopic (exact) mass is 371 g/mol. The smallest absolute Gasteiger partial charge is 0.172 e. The normalized spacial score (nSPS) is 10.1. The first kappa shape index (κ1) is 15.1. The van der Waals surface area contributed by atoms with Crippen LogP contribution in [-0.2, 0) is 6.42 Å². The number of hydrogen-bond acceptors (Lipinski definition) is 4. The Morgan fingerprint density at radius 3 is 2.80 bits per heavy atom. The summed E-state index contributed by atoms with van der Waals surface area (Å²) in [7, 11) is 0. The average Bonchev–Trinajstić information content (AvgIpc) is 2.43. The highest BCUT2D eigenvalue weighted by Gasteiger charge is 2.04. The number of anilines is 1. The molecule has 0 aliphatic carbocycles. The summed E-state index contributed by atoms with van der Waals surface area (Å²) < 4.78 is 0.608. The Hall–Kier alpha value is -1.31. The second kappa shape index (κ2) is 7.47. The van der Waals surface area contributed by atoms with Crippen molar-refractivity contribution >= 4 is 50.7 Å².